The molecule has 0 aliphatic carbocycles. The number of ketones is 1. The van der Waals surface area contributed by atoms with Crippen LogP contribution in [0.3, 0.4) is 0 Å². The van der Waals surface area contributed by atoms with Gasteiger partial charge in [0.1, 0.15) is 5.75 Å². The van der Waals surface area contributed by atoms with Gasteiger partial charge in [0.05, 0.1) is 11.6 Å². The predicted molar refractivity (Wildman–Crippen MR) is 90.9 cm³/mol. The largest absolute Gasteiger partial charge is 0.507 e. The summed E-state index contributed by atoms with van der Waals surface area (Å²) in [5.74, 6) is 0.437. The van der Waals surface area contributed by atoms with E-state index in [9.17, 15) is 9.90 Å². The molecule has 3 heteroatoms. The minimum Gasteiger partial charge on any atom is -0.507 e. The van der Waals surface area contributed by atoms with Crippen LogP contribution < -0.4 is 0 Å². The van der Waals surface area contributed by atoms with Crippen molar-refractivity contribution in [2.75, 3.05) is 0 Å². The van der Waals surface area contributed by atoms with E-state index in [4.69, 9.17) is 5.26 Å². The molecule has 2 aromatic rings. The highest BCUT2D eigenvalue weighted by atomic mass is 16.3. The smallest absolute Gasteiger partial charge is 0.193 e. The van der Waals surface area contributed by atoms with Gasteiger partial charge in [-0.25, -0.2) is 0 Å². The number of phenolic OH excluding ortho intramolecular Hbond substituents is 1. The van der Waals surface area contributed by atoms with Crippen molar-refractivity contribution in [3.63, 3.8) is 0 Å². The number of phenols is 1. The number of rotatable bonds is 4. The third-order valence-corrected chi connectivity index (χ3v) is 3.95. The number of hydrogen-bond donors (Lipinski definition) is 1. The molecule has 0 spiro atoms. The van der Waals surface area contributed by atoms with Crippen molar-refractivity contribution in [3.05, 3.63) is 64.2 Å². The van der Waals surface area contributed by atoms with Gasteiger partial charge in [-0.3, -0.25) is 4.79 Å². The van der Waals surface area contributed by atoms with Gasteiger partial charge in [-0.15, -0.1) is 0 Å². The van der Waals surface area contributed by atoms with E-state index in [1.54, 1.807) is 36.4 Å². The molecule has 0 heterocycles. The topological polar surface area (TPSA) is 61.1 Å². The van der Waals surface area contributed by atoms with Crippen molar-refractivity contribution >= 4 is 5.78 Å². The van der Waals surface area contributed by atoms with Crippen molar-refractivity contribution in [2.24, 2.45) is 0 Å². The first kappa shape index (κ1) is 16.8. The molecular weight excluding hydrogens is 286 g/mol. The van der Waals surface area contributed by atoms with Crippen LogP contribution in [0.5, 0.6) is 5.75 Å². The third-order valence-electron chi connectivity index (χ3n) is 3.95. The Morgan fingerprint density at radius 3 is 1.83 bits per heavy atom. The van der Waals surface area contributed by atoms with E-state index in [0.717, 1.165) is 11.1 Å². The highest BCUT2D eigenvalue weighted by Crippen LogP contribution is 2.35. The van der Waals surface area contributed by atoms with Gasteiger partial charge in [0, 0.05) is 11.1 Å². The Morgan fingerprint density at radius 2 is 1.43 bits per heavy atom. The van der Waals surface area contributed by atoms with Gasteiger partial charge in [-0.05, 0) is 59.4 Å². The van der Waals surface area contributed by atoms with E-state index in [-0.39, 0.29) is 23.4 Å². The van der Waals surface area contributed by atoms with Gasteiger partial charge in [0.2, 0.25) is 0 Å². The first-order chi connectivity index (χ1) is 10.8. The average Bonchev–Trinajstić information content (AvgIpc) is 2.54. The van der Waals surface area contributed by atoms with Crippen LogP contribution in [0.4, 0.5) is 0 Å². The van der Waals surface area contributed by atoms with Gasteiger partial charge in [-0.1, -0.05) is 27.7 Å². The zero-order chi connectivity index (χ0) is 17.1. The summed E-state index contributed by atoms with van der Waals surface area (Å²) in [4.78, 5) is 12.7. The summed E-state index contributed by atoms with van der Waals surface area (Å²) in [6, 6.07) is 12.2. The normalized spacial score (nSPS) is 10.8. The van der Waals surface area contributed by atoms with Crippen LogP contribution in [0.15, 0.2) is 36.4 Å². The maximum Gasteiger partial charge on any atom is 0.193 e. The molecule has 2 rings (SSSR count). The number of carbonyl (C=O) groups excluding carboxylic acids is 1. The van der Waals surface area contributed by atoms with Crippen molar-refractivity contribution in [1.82, 2.24) is 0 Å². The summed E-state index contributed by atoms with van der Waals surface area (Å²) in [6.45, 7) is 7.98. The molecule has 118 valence electrons. The van der Waals surface area contributed by atoms with Gasteiger partial charge >= 0.3 is 0 Å². The molecule has 0 aliphatic rings. The minimum atomic E-state index is -0.0988. The SMILES string of the molecule is CC(C)c1cc(C(=O)c2ccc(C#N)cc2)cc(C(C)C)c1O. The lowest BCUT2D eigenvalue weighted by Gasteiger charge is -2.17. The van der Waals surface area contributed by atoms with Crippen LogP contribution in [0.25, 0.3) is 0 Å². The number of carbonyl (C=O) groups is 1. The lowest BCUT2D eigenvalue weighted by Crippen LogP contribution is -2.05. The Bertz CT molecular complexity index is 736. The van der Waals surface area contributed by atoms with E-state index < -0.39 is 0 Å². The molecule has 0 amide bonds. The number of nitriles is 1. The van der Waals surface area contributed by atoms with E-state index in [1.165, 1.54) is 0 Å². The maximum atomic E-state index is 12.7. The molecule has 0 saturated heterocycles. The number of nitrogens with zero attached hydrogens (tertiary/aromatic N) is 1. The zero-order valence-corrected chi connectivity index (χ0v) is 13.9. The van der Waals surface area contributed by atoms with Crippen molar-refractivity contribution in [3.8, 4) is 11.8 Å². The molecule has 0 radical (unpaired) electrons. The van der Waals surface area contributed by atoms with Crippen molar-refractivity contribution in [1.29, 1.82) is 5.26 Å². The van der Waals surface area contributed by atoms with Crippen LogP contribution in [-0.4, -0.2) is 10.9 Å². The molecule has 0 aliphatic heterocycles. The van der Waals surface area contributed by atoms with E-state index in [2.05, 4.69) is 0 Å². The first-order valence-corrected chi connectivity index (χ1v) is 7.76. The molecule has 23 heavy (non-hydrogen) atoms. The Hall–Kier alpha value is -2.60. The van der Waals surface area contributed by atoms with E-state index in [0.29, 0.717) is 16.7 Å². The van der Waals surface area contributed by atoms with E-state index in [1.807, 2.05) is 33.8 Å². The van der Waals surface area contributed by atoms with Gasteiger partial charge < -0.3 is 5.11 Å². The second-order valence-electron chi connectivity index (χ2n) is 6.33. The summed E-state index contributed by atoms with van der Waals surface area (Å²) in [6.07, 6.45) is 0. The summed E-state index contributed by atoms with van der Waals surface area (Å²) >= 11 is 0. The van der Waals surface area contributed by atoms with E-state index >= 15 is 0 Å². The fourth-order valence-corrected chi connectivity index (χ4v) is 2.55. The molecule has 0 aromatic heterocycles. The fourth-order valence-electron chi connectivity index (χ4n) is 2.55. The Kier molecular flexibility index (Phi) is 4.86. The second-order valence-corrected chi connectivity index (χ2v) is 6.33. The van der Waals surface area contributed by atoms with Crippen molar-refractivity contribution in [2.45, 2.75) is 39.5 Å². The summed E-state index contributed by atoms with van der Waals surface area (Å²) in [5.41, 5.74) is 3.21. The second kappa shape index (κ2) is 6.66. The average molecular weight is 307 g/mol. The Labute approximate surface area is 137 Å². The zero-order valence-electron chi connectivity index (χ0n) is 13.9. The highest BCUT2D eigenvalue weighted by Gasteiger charge is 2.18. The summed E-state index contributed by atoms with van der Waals surface area (Å²) < 4.78 is 0. The lowest BCUT2D eigenvalue weighted by atomic mass is 9.89. The molecule has 3 nitrogen and oxygen atoms in total. The molecule has 2 aromatic carbocycles. The fraction of sp³-hybridized carbons (Fsp3) is 0.300. The maximum absolute atomic E-state index is 12.7. The summed E-state index contributed by atoms with van der Waals surface area (Å²) in [5, 5.41) is 19.3. The van der Waals surface area contributed by atoms with Gasteiger partial charge in [-0.2, -0.15) is 5.26 Å². The molecule has 0 unspecified atom stereocenters. The molecule has 0 atom stereocenters. The van der Waals surface area contributed by atoms with Crippen molar-refractivity contribution < 1.29 is 9.90 Å². The molecular formula is C20H21NO2. The highest BCUT2D eigenvalue weighted by molar-refractivity contribution is 6.09. The van der Waals surface area contributed by atoms with Crippen LogP contribution in [0, 0.1) is 11.3 Å². The Balaban J connectivity index is 2.53. The van der Waals surface area contributed by atoms with Crippen LogP contribution in [-0.2, 0) is 0 Å². The standard InChI is InChI=1S/C20H21NO2/c1-12(2)17-9-16(10-18(13(3)4)20(17)23)19(22)15-7-5-14(11-21)6-8-15/h5-10,12-13,23H,1-4H3. The number of benzene rings is 2. The van der Waals surface area contributed by atoms with Crippen LogP contribution in [0.2, 0.25) is 0 Å². The van der Waals surface area contributed by atoms with Crippen LogP contribution in [0.1, 0.15) is 72.1 Å². The monoisotopic (exact) mass is 307 g/mol. The molecule has 0 fully saturated rings. The number of hydrogen-bond acceptors (Lipinski definition) is 3. The quantitative estimate of drug-likeness (QED) is 0.830. The van der Waals surface area contributed by atoms with Gasteiger partial charge in [0.25, 0.3) is 0 Å². The molecule has 0 saturated carbocycles. The minimum absolute atomic E-state index is 0.0988. The van der Waals surface area contributed by atoms with Gasteiger partial charge in [0.15, 0.2) is 5.78 Å². The third kappa shape index (κ3) is 3.43. The Morgan fingerprint density at radius 1 is 0.957 bits per heavy atom. The lowest BCUT2D eigenvalue weighted by molar-refractivity contribution is 0.103. The summed E-state index contributed by atoms with van der Waals surface area (Å²) in [7, 11) is 0. The molecule has 1 N–H and O–H groups in total. The predicted octanol–water partition coefficient (Wildman–Crippen LogP) is 4.74. The van der Waals surface area contributed by atoms with Crippen LogP contribution >= 0.6 is 0 Å². The number of aromatic hydroxyl groups is 1. The molecule has 0 bridgehead atoms. The first-order valence-electron chi connectivity index (χ1n) is 7.76.